The SMILES string of the molecule is COc1cccc(C(=O)OC(C#N)c2cccc(OC)c2)c1. The fourth-order valence-electron chi connectivity index (χ4n) is 1.90. The lowest BCUT2D eigenvalue weighted by Gasteiger charge is -2.12. The van der Waals surface area contributed by atoms with Crippen LogP contribution >= 0.6 is 0 Å². The van der Waals surface area contributed by atoms with E-state index >= 15 is 0 Å². The summed E-state index contributed by atoms with van der Waals surface area (Å²) in [4.78, 5) is 12.1. The summed E-state index contributed by atoms with van der Waals surface area (Å²) in [5.74, 6) is 0.549. The Morgan fingerprint density at radius 2 is 1.68 bits per heavy atom. The van der Waals surface area contributed by atoms with Crippen molar-refractivity contribution in [2.45, 2.75) is 6.10 Å². The van der Waals surface area contributed by atoms with Crippen LogP contribution in [0.3, 0.4) is 0 Å². The highest BCUT2D eigenvalue weighted by Crippen LogP contribution is 2.23. The second kappa shape index (κ2) is 7.14. The van der Waals surface area contributed by atoms with Gasteiger partial charge in [-0.05, 0) is 30.3 Å². The lowest BCUT2D eigenvalue weighted by Crippen LogP contribution is -2.10. The van der Waals surface area contributed by atoms with Crippen LogP contribution in [-0.2, 0) is 4.74 Å². The van der Waals surface area contributed by atoms with Crippen molar-refractivity contribution in [1.82, 2.24) is 0 Å². The van der Waals surface area contributed by atoms with E-state index in [2.05, 4.69) is 0 Å². The van der Waals surface area contributed by atoms with E-state index in [1.807, 2.05) is 6.07 Å². The third kappa shape index (κ3) is 3.55. The molecule has 0 fully saturated rings. The maximum atomic E-state index is 12.1. The first-order valence-corrected chi connectivity index (χ1v) is 6.56. The van der Waals surface area contributed by atoms with E-state index in [4.69, 9.17) is 14.2 Å². The van der Waals surface area contributed by atoms with Gasteiger partial charge in [-0.25, -0.2) is 4.79 Å². The number of carbonyl (C=O) groups excluding carboxylic acids is 1. The zero-order chi connectivity index (χ0) is 15.9. The Hall–Kier alpha value is -3.00. The van der Waals surface area contributed by atoms with Crippen LogP contribution in [0.2, 0.25) is 0 Å². The first-order chi connectivity index (χ1) is 10.7. The second-order valence-corrected chi connectivity index (χ2v) is 4.42. The smallest absolute Gasteiger partial charge is 0.339 e. The van der Waals surface area contributed by atoms with E-state index in [0.717, 1.165) is 0 Å². The summed E-state index contributed by atoms with van der Waals surface area (Å²) in [5, 5.41) is 9.25. The number of benzene rings is 2. The zero-order valence-corrected chi connectivity index (χ0v) is 12.3. The first kappa shape index (κ1) is 15.4. The monoisotopic (exact) mass is 297 g/mol. The molecule has 0 aliphatic carbocycles. The molecule has 0 radical (unpaired) electrons. The van der Waals surface area contributed by atoms with E-state index in [1.54, 1.807) is 48.5 Å². The van der Waals surface area contributed by atoms with Gasteiger partial charge in [0.25, 0.3) is 0 Å². The van der Waals surface area contributed by atoms with Crippen LogP contribution in [-0.4, -0.2) is 20.2 Å². The summed E-state index contributed by atoms with van der Waals surface area (Å²) in [6.45, 7) is 0. The summed E-state index contributed by atoms with van der Waals surface area (Å²) in [6.07, 6.45) is -1.01. The lowest BCUT2D eigenvalue weighted by molar-refractivity contribution is 0.0403. The molecular formula is C17H15NO4. The number of nitrogens with zero attached hydrogens (tertiary/aromatic N) is 1. The van der Waals surface area contributed by atoms with Gasteiger partial charge in [0.15, 0.2) is 0 Å². The quantitative estimate of drug-likeness (QED) is 0.793. The lowest BCUT2D eigenvalue weighted by atomic mass is 10.1. The van der Waals surface area contributed by atoms with Crippen molar-refractivity contribution in [2.24, 2.45) is 0 Å². The molecule has 0 bridgehead atoms. The predicted molar refractivity (Wildman–Crippen MR) is 79.8 cm³/mol. The summed E-state index contributed by atoms with van der Waals surface area (Å²) >= 11 is 0. The molecule has 5 nitrogen and oxygen atoms in total. The molecule has 0 heterocycles. The second-order valence-electron chi connectivity index (χ2n) is 4.42. The summed E-state index contributed by atoms with van der Waals surface area (Å²) in [5.41, 5.74) is 0.876. The van der Waals surface area contributed by atoms with Gasteiger partial charge in [-0.3, -0.25) is 0 Å². The molecule has 0 N–H and O–H groups in total. The maximum Gasteiger partial charge on any atom is 0.339 e. The largest absolute Gasteiger partial charge is 0.497 e. The topological polar surface area (TPSA) is 68.5 Å². The van der Waals surface area contributed by atoms with Crippen molar-refractivity contribution in [3.05, 3.63) is 59.7 Å². The van der Waals surface area contributed by atoms with Crippen LogP contribution in [0.4, 0.5) is 0 Å². The van der Waals surface area contributed by atoms with Crippen LogP contribution in [0.25, 0.3) is 0 Å². The Bertz CT molecular complexity index is 706. The summed E-state index contributed by atoms with van der Waals surface area (Å²) in [6, 6.07) is 15.4. The maximum absolute atomic E-state index is 12.1. The van der Waals surface area contributed by atoms with Gasteiger partial charge in [-0.1, -0.05) is 18.2 Å². The third-order valence-electron chi connectivity index (χ3n) is 3.04. The van der Waals surface area contributed by atoms with Gasteiger partial charge in [-0.2, -0.15) is 5.26 Å². The average Bonchev–Trinajstić information content (AvgIpc) is 2.59. The molecule has 2 aromatic carbocycles. The normalized spacial score (nSPS) is 11.1. The van der Waals surface area contributed by atoms with Crippen LogP contribution in [0.5, 0.6) is 11.5 Å². The Morgan fingerprint density at radius 1 is 1.05 bits per heavy atom. The minimum atomic E-state index is -1.01. The molecular weight excluding hydrogens is 282 g/mol. The van der Waals surface area contributed by atoms with E-state index in [0.29, 0.717) is 22.6 Å². The Balaban J connectivity index is 2.19. The van der Waals surface area contributed by atoms with Crippen LogP contribution in [0.15, 0.2) is 48.5 Å². The fourth-order valence-corrected chi connectivity index (χ4v) is 1.90. The van der Waals surface area contributed by atoms with Crippen molar-refractivity contribution in [3.8, 4) is 17.6 Å². The molecule has 112 valence electrons. The third-order valence-corrected chi connectivity index (χ3v) is 3.04. The number of carbonyl (C=O) groups is 1. The number of hydrogen-bond donors (Lipinski definition) is 0. The number of ether oxygens (including phenoxy) is 3. The van der Waals surface area contributed by atoms with Crippen molar-refractivity contribution >= 4 is 5.97 Å². The molecule has 0 aliphatic heterocycles. The number of esters is 1. The highest BCUT2D eigenvalue weighted by molar-refractivity contribution is 5.90. The van der Waals surface area contributed by atoms with Gasteiger partial charge in [0.1, 0.15) is 17.6 Å². The van der Waals surface area contributed by atoms with Crippen molar-refractivity contribution in [2.75, 3.05) is 14.2 Å². The summed E-state index contributed by atoms with van der Waals surface area (Å²) in [7, 11) is 3.04. The molecule has 0 saturated heterocycles. The number of nitriles is 1. The van der Waals surface area contributed by atoms with Gasteiger partial charge < -0.3 is 14.2 Å². The number of methoxy groups -OCH3 is 2. The van der Waals surface area contributed by atoms with Crippen LogP contribution in [0, 0.1) is 11.3 Å². The van der Waals surface area contributed by atoms with E-state index in [1.165, 1.54) is 14.2 Å². The van der Waals surface area contributed by atoms with Gasteiger partial charge in [0.05, 0.1) is 19.8 Å². The highest BCUT2D eigenvalue weighted by atomic mass is 16.5. The number of hydrogen-bond acceptors (Lipinski definition) is 5. The minimum absolute atomic E-state index is 0.322. The average molecular weight is 297 g/mol. The molecule has 0 spiro atoms. The standard InChI is InChI=1S/C17H15NO4/c1-20-14-7-3-5-12(9-14)16(11-18)22-17(19)13-6-4-8-15(10-13)21-2/h3-10,16H,1-2H3. The molecule has 5 heteroatoms. The van der Waals surface area contributed by atoms with Crippen molar-refractivity contribution in [1.29, 1.82) is 5.26 Å². The fraction of sp³-hybridized carbons (Fsp3) is 0.176. The molecule has 0 aliphatic rings. The first-order valence-electron chi connectivity index (χ1n) is 6.56. The Kier molecular flexibility index (Phi) is 4.99. The molecule has 0 saturated carbocycles. The zero-order valence-electron chi connectivity index (χ0n) is 12.3. The van der Waals surface area contributed by atoms with Crippen LogP contribution in [0.1, 0.15) is 22.0 Å². The van der Waals surface area contributed by atoms with Crippen molar-refractivity contribution in [3.63, 3.8) is 0 Å². The summed E-state index contributed by atoms with van der Waals surface area (Å²) < 4.78 is 15.4. The number of rotatable bonds is 5. The van der Waals surface area contributed by atoms with Gasteiger partial charge in [0, 0.05) is 5.56 Å². The van der Waals surface area contributed by atoms with Gasteiger partial charge in [-0.15, -0.1) is 0 Å². The molecule has 2 aromatic rings. The Labute approximate surface area is 128 Å². The molecule has 1 unspecified atom stereocenters. The molecule has 1 atom stereocenters. The molecule has 0 amide bonds. The minimum Gasteiger partial charge on any atom is -0.497 e. The molecule has 0 aromatic heterocycles. The van der Waals surface area contributed by atoms with Gasteiger partial charge in [0.2, 0.25) is 6.10 Å². The highest BCUT2D eigenvalue weighted by Gasteiger charge is 2.18. The molecule has 2 rings (SSSR count). The molecule has 22 heavy (non-hydrogen) atoms. The van der Waals surface area contributed by atoms with E-state index < -0.39 is 12.1 Å². The van der Waals surface area contributed by atoms with Crippen molar-refractivity contribution < 1.29 is 19.0 Å². The van der Waals surface area contributed by atoms with E-state index in [-0.39, 0.29) is 0 Å². The predicted octanol–water partition coefficient (Wildman–Crippen LogP) is 3.13. The Morgan fingerprint density at radius 3 is 2.32 bits per heavy atom. The van der Waals surface area contributed by atoms with E-state index in [9.17, 15) is 10.1 Å². The van der Waals surface area contributed by atoms with Crippen LogP contribution < -0.4 is 9.47 Å². The van der Waals surface area contributed by atoms with Gasteiger partial charge >= 0.3 is 5.97 Å².